The zero-order chi connectivity index (χ0) is 16.9. The van der Waals surface area contributed by atoms with Crippen molar-refractivity contribution in [2.75, 3.05) is 44.6 Å². The fraction of sp³-hybridized carbons (Fsp3) is 0.529. The van der Waals surface area contributed by atoms with Gasteiger partial charge < -0.3 is 15.5 Å². The summed E-state index contributed by atoms with van der Waals surface area (Å²) in [6.07, 6.45) is 1.97. The van der Waals surface area contributed by atoms with Gasteiger partial charge in [-0.15, -0.1) is 12.4 Å². The van der Waals surface area contributed by atoms with Crippen LogP contribution in [-0.2, 0) is 9.59 Å². The van der Waals surface area contributed by atoms with Crippen LogP contribution in [0.1, 0.15) is 12.8 Å². The Hall–Kier alpha value is -1.70. The molecule has 2 heterocycles. The highest BCUT2D eigenvalue weighted by Crippen LogP contribution is 2.12. The third-order valence-electron chi connectivity index (χ3n) is 4.54. The summed E-state index contributed by atoms with van der Waals surface area (Å²) in [5.41, 5.74) is 0.586. The number of carbonyl (C=O) groups excluding carboxylic acids is 2. The largest absolute Gasteiger partial charge is 0.339 e. The van der Waals surface area contributed by atoms with E-state index in [2.05, 4.69) is 10.6 Å². The third kappa shape index (κ3) is 5.39. The maximum absolute atomic E-state index is 12.9. The molecule has 138 valence electrons. The molecule has 0 saturated carbocycles. The van der Waals surface area contributed by atoms with Gasteiger partial charge in [-0.1, -0.05) is 0 Å². The van der Waals surface area contributed by atoms with E-state index in [4.69, 9.17) is 0 Å². The van der Waals surface area contributed by atoms with Crippen molar-refractivity contribution < 1.29 is 14.0 Å². The Morgan fingerprint density at radius 1 is 1.16 bits per heavy atom. The average molecular weight is 371 g/mol. The summed E-state index contributed by atoms with van der Waals surface area (Å²) in [6.45, 7) is 3.88. The molecule has 0 bridgehead atoms. The van der Waals surface area contributed by atoms with E-state index in [0.717, 1.165) is 19.4 Å². The third-order valence-corrected chi connectivity index (χ3v) is 4.54. The predicted octanol–water partition coefficient (Wildman–Crippen LogP) is 1.08. The maximum Gasteiger partial charge on any atom is 0.239 e. The summed E-state index contributed by atoms with van der Waals surface area (Å²) in [4.78, 5) is 28.3. The minimum absolute atomic E-state index is 0. The Balaban J connectivity index is 0.00000225. The van der Waals surface area contributed by atoms with Gasteiger partial charge in [0.15, 0.2) is 0 Å². The highest BCUT2D eigenvalue weighted by molar-refractivity contribution is 5.92. The Morgan fingerprint density at radius 3 is 2.44 bits per heavy atom. The zero-order valence-electron chi connectivity index (χ0n) is 14.0. The molecule has 0 spiro atoms. The lowest BCUT2D eigenvalue weighted by atomic mass is 10.2. The van der Waals surface area contributed by atoms with E-state index >= 15 is 0 Å². The molecule has 2 amide bonds. The van der Waals surface area contributed by atoms with Crippen molar-refractivity contribution in [1.82, 2.24) is 15.1 Å². The van der Waals surface area contributed by atoms with Crippen molar-refractivity contribution in [3.05, 3.63) is 30.1 Å². The molecule has 2 fully saturated rings. The van der Waals surface area contributed by atoms with Gasteiger partial charge in [0.1, 0.15) is 5.82 Å². The molecule has 2 N–H and O–H groups in total. The quantitative estimate of drug-likeness (QED) is 0.832. The number of piperazine rings is 1. The molecule has 3 rings (SSSR count). The number of amides is 2. The van der Waals surface area contributed by atoms with Gasteiger partial charge in [-0.2, -0.15) is 0 Å². The van der Waals surface area contributed by atoms with Gasteiger partial charge in [0.05, 0.1) is 12.6 Å². The average Bonchev–Trinajstić information content (AvgIpc) is 3.11. The molecule has 2 saturated heterocycles. The SMILES string of the molecule is Cl.O=C(CN1CCN(C(=O)C2CCCN2)CC1)Nc1ccc(F)cc1. The maximum atomic E-state index is 12.9. The fourth-order valence-corrected chi connectivity index (χ4v) is 3.18. The van der Waals surface area contributed by atoms with Gasteiger partial charge in [-0.05, 0) is 43.7 Å². The zero-order valence-corrected chi connectivity index (χ0v) is 14.9. The summed E-state index contributed by atoms with van der Waals surface area (Å²) in [6, 6.07) is 5.68. The van der Waals surface area contributed by atoms with Crippen LogP contribution in [0.2, 0.25) is 0 Å². The number of hydrogen-bond donors (Lipinski definition) is 2. The van der Waals surface area contributed by atoms with Crippen molar-refractivity contribution in [3.8, 4) is 0 Å². The first kappa shape index (κ1) is 19.6. The smallest absolute Gasteiger partial charge is 0.239 e. The van der Waals surface area contributed by atoms with Crippen molar-refractivity contribution in [3.63, 3.8) is 0 Å². The Bertz CT molecular complexity index is 585. The van der Waals surface area contributed by atoms with E-state index in [-0.39, 0.29) is 42.6 Å². The van der Waals surface area contributed by atoms with E-state index in [1.807, 2.05) is 9.80 Å². The van der Waals surface area contributed by atoms with Gasteiger partial charge in [-0.25, -0.2) is 4.39 Å². The number of anilines is 1. The first-order chi connectivity index (χ1) is 11.6. The molecule has 0 aliphatic carbocycles. The van der Waals surface area contributed by atoms with Crippen LogP contribution >= 0.6 is 12.4 Å². The van der Waals surface area contributed by atoms with Crippen LogP contribution in [0.4, 0.5) is 10.1 Å². The summed E-state index contributed by atoms with van der Waals surface area (Å²) < 4.78 is 12.9. The van der Waals surface area contributed by atoms with E-state index in [1.165, 1.54) is 12.1 Å². The molecule has 0 radical (unpaired) electrons. The molecule has 0 aromatic heterocycles. The molecule has 2 aliphatic rings. The first-order valence-electron chi connectivity index (χ1n) is 8.42. The summed E-state index contributed by atoms with van der Waals surface area (Å²) in [5.74, 6) is -0.271. The Morgan fingerprint density at radius 2 is 1.84 bits per heavy atom. The number of nitrogens with zero attached hydrogens (tertiary/aromatic N) is 2. The summed E-state index contributed by atoms with van der Waals surface area (Å²) >= 11 is 0. The van der Waals surface area contributed by atoms with Gasteiger partial charge in [0, 0.05) is 31.9 Å². The summed E-state index contributed by atoms with van der Waals surface area (Å²) in [7, 11) is 0. The van der Waals surface area contributed by atoms with Crippen LogP contribution in [0.3, 0.4) is 0 Å². The lowest BCUT2D eigenvalue weighted by Gasteiger charge is -2.35. The second kappa shape index (κ2) is 9.12. The molecule has 1 aromatic carbocycles. The lowest BCUT2D eigenvalue weighted by molar-refractivity contribution is -0.135. The molecule has 1 unspecified atom stereocenters. The van der Waals surface area contributed by atoms with Crippen molar-refractivity contribution in [2.24, 2.45) is 0 Å². The normalized spacial score (nSPS) is 20.8. The predicted molar refractivity (Wildman–Crippen MR) is 96.3 cm³/mol. The number of halogens is 2. The summed E-state index contributed by atoms with van der Waals surface area (Å²) in [5, 5.41) is 5.99. The van der Waals surface area contributed by atoms with E-state index in [0.29, 0.717) is 31.9 Å². The van der Waals surface area contributed by atoms with Crippen LogP contribution in [-0.4, -0.2) is 66.9 Å². The van der Waals surface area contributed by atoms with Crippen LogP contribution in [0.5, 0.6) is 0 Å². The molecule has 1 atom stereocenters. The van der Waals surface area contributed by atoms with Gasteiger partial charge in [-0.3, -0.25) is 14.5 Å². The van der Waals surface area contributed by atoms with Gasteiger partial charge in [0.25, 0.3) is 0 Å². The fourth-order valence-electron chi connectivity index (χ4n) is 3.18. The van der Waals surface area contributed by atoms with E-state index < -0.39 is 0 Å². The van der Waals surface area contributed by atoms with E-state index in [1.54, 1.807) is 12.1 Å². The molecule has 6 nitrogen and oxygen atoms in total. The van der Waals surface area contributed by atoms with Crippen LogP contribution in [0.15, 0.2) is 24.3 Å². The topological polar surface area (TPSA) is 64.7 Å². The molecule has 2 aliphatic heterocycles. The highest BCUT2D eigenvalue weighted by Gasteiger charge is 2.29. The van der Waals surface area contributed by atoms with Crippen molar-refractivity contribution in [2.45, 2.75) is 18.9 Å². The molecular formula is C17H24ClFN4O2. The minimum atomic E-state index is -0.328. The van der Waals surface area contributed by atoms with Gasteiger partial charge >= 0.3 is 0 Å². The molecule has 25 heavy (non-hydrogen) atoms. The number of hydrogen-bond acceptors (Lipinski definition) is 4. The van der Waals surface area contributed by atoms with Crippen LogP contribution in [0, 0.1) is 5.82 Å². The number of nitrogens with one attached hydrogen (secondary N) is 2. The standard InChI is InChI=1S/C17H23FN4O2.ClH/c18-13-3-5-14(6-4-13)20-16(23)12-21-8-10-22(11-9-21)17(24)15-2-1-7-19-15;/h3-6,15,19H,1-2,7-12H2,(H,20,23);1H. The second-order valence-electron chi connectivity index (χ2n) is 6.31. The molecule has 1 aromatic rings. The first-order valence-corrected chi connectivity index (χ1v) is 8.42. The van der Waals surface area contributed by atoms with Crippen LogP contribution in [0.25, 0.3) is 0 Å². The van der Waals surface area contributed by atoms with Gasteiger partial charge in [0.2, 0.25) is 11.8 Å². The van der Waals surface area contributed by atoms with Crippen molar-refractivity contribution in [1.29, 1.82) is 0 Å². The second-order valence-corrected chi connectivity index (χ2v) is 6.31. The molecule has 8 heteroatoms. The van der Waals surface area contributed by atoms with E-state index in [9.17, 15) is 14.0 Å². The van der Waals surface area contributed by atoms with Crippen molar-refractivity contribution >= 4 is 29.9 Å². The minimum Gasteiger partial charge on any atom is -0.339 e. The molecular weight excluding hydrogens is 347 g/mol. The lowest BCUT2D eigenvalue weighted by Crippen LogP contribution is -2.54. The van der Waals surface area contributed by atoms with Crippen LogP contribution < -0.4 is 10.6 Å². The monoisotopic (exact) mass is 370 g/mol. The Labute approximate surface area is 153 Å². The number of benzene rings is 1. The Kier molecular flexibility index (Phi) is 7.16. The number of carbonyl (C=O) groups is 2. The highest BCUT2D eigenvalue weighted by atomic mass is 35.5. The number of rotatable bonds is 4.